The summed E-state index contributed by atoms with van der Waals surface area (Å²) in [6, 6.07) is 3.38. The zero-order valence-electron chi connectivity index (χ0n) is 9.15. The number of nitrogens with zero attached hydrogens (tertiary/aromatic N) is 3. The lowest BCUT2D eigenvalue weighted by molar-refractivity contribution is -0.137. The van der Waals surface area contributed by atoms with Crippen molar-refractivity contribution in [2.24, 2.45) is 5.11 Å². The van der Waals surface area contributed by atoms with Crippen molar-refractivity contribution in [2.45, 2.75) is 12.6 Å². The van der Waals surface area contributed by atoms with Crippen molar-refractivity contribution in [3.63, 3.8) is 0 Å². The van der Waals surface area contributed by atoms with E-state index in [0.717, 1.165) is 6.07 Å². The standard InChI is InChI=1S/C11H9ClF3N3/c12-9-4-5-10(11(13,14)15)8(7-9)3-1-2-6-17-18-16/h1,3-5,7H,2,6H2. The van der Waals surface area contributed by atoms with Crippen molar-refractivity contribution in [3.8, 4) is 0 Å². The molecule has 1 aromatic rings. The third-order valence-corrected chi connectivity index (χ3v) is 2.31. The van der Waals surface area contributed by atoms with E-state index in [1.165, 1.54) is 24.3 Å². The van der Waals surface area contributed by atoms with Crippen LogP contribution in [-0.4, -0.2) is 6.54 Å². The molecule has 0 aliphatic carbocycles. The van der Waals surface area contributed by atoms with Crippen molar-refractivity contribution in [1.29, 1.82) is 0 Å². The molecule has 18 heavy (non-hydrogen) atoms. The van der Waals surface area contributed by atoms with Crippen molar-refractivity contribution in [1.82, 2.24) is 0 Å². The quantitative estimate of drug-likeness (QED) is 0.319. The number of hydrogen-bond acceptors (Lipinski definition) is 1. The molecule has 0 atom stereocenters. The van der Waals surface area contributed by atoms with E-state index in [-0.39, 0.29) is 17.1 Å². The second-order valence-corrected chi connectivity index (χ2v) is 3.81. The van der Waals surface area contributed by atoms with E-state index in [4.69, 9.17) is 17.1 Å². The van der Waals surface area contributed by atoms with Gasteiger partial charge in [-0.3, -0.25) is 0 Å². The molecular formula is C11H9ClF3N3. The number of hydrogen-bond donors (Lipinski definition) is 0. The van der Waals surface area contributed by atoms with Gasteiger partial charge in [-0.1, -0.05) is 28.9 Å². The van der Waals surface area contributed by atoms with Crippen LogP contribution in [0.25, 0.3) is 16.5 Å². The molecule has 0 spiro atoms. The lowest BCUT2D eigenvalue weighted by Crippen LogP contribution is -2.07. The van der Waals surface area contributed by atoms with Gasteiger partial charge >= 0.3 is 6.18 Å². The second kappa shape index (κ2) is 6.33. The lowest BCUT2D eigenvalue weighted by Gasteiger charge is -2.10. The summed E-state index contributed by atoms with van der Waals surface area (Å²) in [7, 11) is 0. The molecular weight excluding hydrogens is 267 g/mol. The van der Waals surface area contributed by atoms with Gasteiger partial charge in [0.05, 0.1) is 5.56 Å². The van der Waals surface area contributed by atoms with E-state index in [0.29, 0.717) is 6.42 Å². The van der Waals surface area contributed by atoms with E-state index in [1.54, 1.807) is 0 Å². The molecule has 0 aromatic heterocycles. The smallest absolute Gasteiger partial charge is 0.166 e. The van der Waals surface area contributed by atoms with Gasteiger partial charge in [0.2, 0.25) is 0 Å². The SMILES string of the molecule is [N-]=[N+]=NCCC=Cc1cc(Cl)ccc1C(F)(F)F. The molecule has 0 aliphatic heterocycles. The number of halogens is 4. The van der Waals surface area contributed by atoms with Gasteiger partial charge < -0.3 is 0 Å². The highest BCUT2D eigenvalue weighted by Crippen LogP contribution is 2.33. The Kier molecular flexibility index (Phi) is 5.07. The molecule has 0 saturated carbocycles. The Morgan fingerprint density at radius 3 is 2.72 bits per heavy atom. The van der Waals surface area contributed by atoms with Crippen molar-refractivity contribution in [3.05, 3.63) is 50.9 Å². The number of rotatable bonds is 4. The van der Waals surface area contributed by atoms with Gasteiger partial charge in [0.25, 0.3) is 0 Å². The average Bonchev–Trinajstić information content (AvgIpc) is 2.27. The highest BCUT2D eigenvalue weighted by Gasteiger charge is 2.32. The van der Waals surface area contributed by atoms with E-state index in [1.807, 2.05) is 0 Å². The van der Waals surface area contributed by atoms with E-state index >= 15 is 0 Å². The Hall–Kier alpha value is -1.65. The fourth-order valence-electron chi connectivity index (χ4n) is 1.32. The summed E-state index contributed by atoms with van der Waals surface area (Å²) in [4.78, 5) is 2.54. The zero-order valence-corrected chi connectivity index (χ0v) is 9.91. The summed E-state index contributed by atoms with van der Waals surface area (Å²) in [5.41, 5.74) is 7.29. The first kappa shape index (κ1) is 14.4. The fourth-order valence-corrected chi connectivity index (χ4v) is 1.50. The molecule has 0 radical (unpaired) electrons. The summed E-state index contributed by atoms with van der Waals surface area (Å²) >= 11 is 5.66. The van der Waals surface area contributed by atoms with Crippen LogP contribution in [0.5, 0.6) is 0 Å². The van der Waals surface area contributed by atoms with Gasteiger partial charge in [0.15, 0.2) is 0 Å². The van der Waals surface area contributed by atoms with E-state index < -0.39 is 11.7 Å². The van der Waals surface area contributed by atoms with Gasteiger partial charge in [-0.25, -0.2) is 0 Å². The molecule has 0 N–H and O–H groups in total. The van der Waals surface area contributed by atoms with Crippen LogP contribution in [0.4, 0.5) is 13.2 Å². The van der Waals surface area contributed by atoms with Gasteiger partial charge in [0.1, 0.15) is 0 Å². The number of benzene rings is 1. The minimum absolute atomic E-state index is 0.00376. The number of azide groups is 1. The molecule has 0 amide bonds. The first-order valence-corrected chi connectivity index (χ1v) is 5.37. The molecule has 1 rings (SSSR count). The summed E-state index contributed by atoms with van der Waals surface area (Å²) in [5.74, 6) is 0. The van der Waals surface area contributed by atoms with Gasteiger partial charge in [-0.15, -0.1) is 0 Å². The highest BCUT2D eigenvalue weighted by molar-refractivity contribution is 6.30. The van der Waals surface area contributed by atoms with Crippen LogP contribution >= 0.6 is 11.6 Å². The minimum Gasteiger partial charge on any atom is -0.166 e. The predicted molar refractivity (Wildman–Crippen MR) is 64.1 cm³/mol. The van der Waals surface area contributed by atoms with Gasteiger partial charge in [-0.05, 0) is 35.7 Å². The Bertz CT molecular complexity index is 491. The van der Waals surface area contributed by atoms with Crippen LogP contribution in [0, 0.1) is 0 Å². The third-order valence-electron chi connectivity index (χ3n) is 2.08. The number of alkyl halides is 3. The van der Waals surface area contributed by atoms with Crippen LogP contribution in [-0.2, 0) is 6.18 Å². The van der Waals surface area contributed by atoms with Crippen molar-refractivity contribution < 1.29 is 13.2 Å². The molecule has 1 aromatic carbocycles. The maximum absolute atomic E-state index is 12.7. The fraction of sp³-hybridized carbons (Fsp3) is 0.273. The van der Waals surface area contributed by atoms with E-state index in [2.05, 4.69) is 10.0 Å². The van der Waals surface area contributed by atoms with Gasteiger partial charge in [-0.2, -0.15) is 13.2 Å². The summed E-state index contributed by atoms with van der Waals surface area (Å²) in [5, 5.41) is 3.51. The lowest BCUT2D eigenvalue weighted by atomic mass is 10.1. The largest absolute Gasteiger partial charge is 0.416 e. The molecule has 0 fully saturated rings. The summed E-state index contributed by atoms with van der Waals surface area (Å²) in [6.45, 7) is 0.203. The van der Waals surface area contributed by atoms with Crippen molar-refractivity contribution in [2.75, 3.05) is 6.54 Å². The molecule has 0 aliphatic rings. The maximum atomic E-state index is 12.7. The Morgan fingerprint density at radius 2 is 2.11 bits per heavy atom. The van der Waals surface area contributed by atoms with Crippen LogP contribution < -0.4 is 0 Å². The van der Waals surface area contributed by atoms with Crippen LogP contribution in [0.2, 0.25) is 5.02 Å². The van der Waals surface area contributed by atoms with Crippen molar-refractivity contribution >= 4 is 17.7 Å². The zero-order chi connectivity index (χ0) is 13.6. The Morgan fingerprint density at radius 1 is 1.39 bits per heavy atom. The highest BCUT2D eigenvalue weighted by atomic mass is 35.5. The predicted octanol–water partition coefficient (Wildman–Crippen LogP) is 5.07. The van der Waals surface area contributed by atoms with Gasteiger partial charge in [0, 0.05) is 16.5 Å². The molecule has 7 heteroatoms. The Labute approximate surface area is 107 Å². The molecule has 0 heterocycles. The topological polar surface area (TPSA) is 48.8 Å². The monoisotopic (exact) mass is 275 g/mol. The molecule has 0 bridgehead atoms. The Balaban J connectivity index is 2.92. The molecule has 3 nitrogen and oxygen atoms in total. The normalized spacial score (nSPS) is 11.6. The van der Waals surface area contributed by atoms with E-state index in [9.17, 15) is 13.2 Å². The van der Waals surface area contributed by atoms with Crippen LogP contribution in [0.15, 0.2) is 29.4 Å². The first-order valence-electron chi connectivity index (χ1n) is 4.99. The molecule has 96 valence electrons. The van der Waals surface area contributed by atoms with Crippen LogP contribution in [0.3, 0.4) is 0 Å². The summed E-state index contributed by atoms with van der Waals surface area (Å²) in [6.07, 6.45) is -1.22. The molecule has 0 unspecified atom stereocenters. The van der Waals surface area contributed by atoms with Crippen LogP contribution in [0.1, 0.15) is 17.5 Å². The summed E-state index contributed by atoms with van der Waals surface area (Å²) < 4.78 is 38.0. The first-order chi connectivity index (χ1) is 8.45. The second-order valence-electron chi connectivity index (χ2n) is 3.37. The average molecular weight is 276 g/mol. The minimum atomic E-state index is -4.42. The molecule has 0 saturated heterocycles. The maximum Gasteiger partial charge on any atom is 0.416 e. The third kappa shape index (κ3) is 4.31.